The van der Waals surface area contributed by atoms with Crippen molar-refractivity contribution in [1.82, 2.24) is 20.6 Å². The maximum atomic E-state index is 13.4. The van der Waals surface area contributed by atoms with Gasteiger partial charge in [-0.05, 0) is 18.2 Å². The van der Waals surface area contributed by atoms with Crippen LogP contribution in [-0.2, 0) is 20.8 Å². The molecule has 0 radical (unpaired) electrons. The second-order valence-corrected chi connectivity index (χ2v) is 9.68. The number of hydrogen-bond acceptors (Lipinski definition) is 10. The second-order valence-electron chi connectivity index (χ2n) is 9.68. The van der Waals surface area contributed by atoms with Crippen LogP contribution >= 0.6 is 0 Å². The number of aromatic nitrogens is 2. The van der Waals surface area contributed by atoms with Crippen LogP contribution in [0.2, 0.25) is 0 Å². The zero-order valence-corrected chi connectivity index (χ0v) is 22.7. The number of carbonyl (C=O) groups is 2. The Morgan fingerprint density at radius 1 is 0.902 bits per heavy atom. The van der Waals surface area contributed by atoms with Crippen molar-refractivity contribution >= 4 is 23.3 Å². The first-order valence-corrected chi connectivity index (χ1v) is 13.6. The molecule has 1 saturated heterocycles. The van der Waals surface area contributed by atoms with Crippen molar-refractivity contribution in [3.05, 3.63) is 65.5 Å². The molecule has 12 nitrogen and oxygen atoms in total. The molecule has 0 spiro atoms. The van der Waals surface area contributed by atoms with E-state index in [1.807, 2.05) is 12.1 Å². The topological polar surface area (TPSA) is 159 Å². The Hall–Kier alpha value is -4.10. The van der Waals surface area contributed by atoms with Crippen molar-refractivity contribution in [1.29, 1.82) is 0 Å². The molecular weight excluding hydrogens is 528 g/mol. The minimum absolute atomic E-state index is 0.00432. The quantitative estimate of drug-likeness (QED) is 0.346. The summed E-state index contributed by atoms with van der Waals surface area (Å²) in [5.74, 6) is 0.284. The molecule has 1 fully saturated rings. The number of nitrogens with one attached hydrogen (secondary N) is 3. The van der Waals surface area contributed by atoms with E-state index in [1.165, 1.54) is 6.20 Å². The number of amides is 2. The lowest BCUT2D eigenvalue weighted by Crippen LogP contribution is -2.36. The van der Waals surface area contributed by atoms with E-state index in [9.17, 15) is 9.59 Å². The van der Waals surface area contributed by atoms with E-state index in [0.717, 1.165) is 25.3 Å². The highest BCUT2D eigenvalue weighted by Gasteiger charge is 2.20. The predicted molar refractivity (Wildman–Crippen MR) is 152 cm³/mol. The van der Waals surface area contributed by atoms with Crippen LogP contribution in [0.1, 0.15) is 26.4 Å². The van der Waals surface area contributed by atoms with Crippen LogP contribution in [0.15, 0.2) is 48.7 Å². The number of hydrogen-bond donors (Lipinski definition) is 4. The van der Waals surface area contributed by atoms with Gasteiger partial charge in [0.2, 0.25) is 0 Å². The van der Waals surface area contributed by atoms with Gasteiger partial charge in [0.15, 0.2) is 11.5 Å². The van der Waals surface area contributed by atoms with Crippen LogP contribution in [0.25, 0.3) is 11.3 Å². The predicted octanol–water partition coefficient (Wildman–Crippen LogP) is 1.87. The van der Waals surface area contributed by atoms with Crippen LogP contribution in [-0.4, -0.2) is 81.1 Å². The molecule has 3 aromatic rings. The lowest BCUT2D eigenvalue weighted by Gasteiger charge is -2.26. The van der Waals surface area contributed by atoms with Gasteiger partial charge in [0.25, 0.3) is 11.8 Å². The summed E-state index contributed by atoms with van der Waals surface area (Å²) >= 11 is 0. The Morgan fingerprint density at radius 2 is 1.66 bits per heavy atom. The average Bonchev–Trinajstić information content (AvgIpc) is 2.96. The number of anilines is 2. The van der Waals surface area contributed by atoms with Crippen molar-refractivity contribution in [3.8, 4) is 17.0 Å². The first-order valence-electron chi connectivity index (χ1n) is 13.6. The van der Waals surface area contributed by atoms with Crippen molar-refractivity contribution in [3.63, 3.8) is 0 Å². The van der Waals surface area contributed by atoms with Gasteiger partial charge in [-0.1, -0.05) is 24.3 Å². The van der Waals surface area contributed by atoms with Crippen LogP contribution in [0.3, 0.4) is 0 Å². The van der Waals surface area contributed by atoms with E-state index < -0.39 is 5.91 Å². The fourth-order valence-corrected chi connectivity index (χ4v) is 4.35. The molecule has 1 aromatic heterocycles. The fraction of sp³-hybridized carbons (Fsp3) is 0.379. The van der Waals surface area contributed by atoms with E-state index in [1.54, 1.807) is 30.3 Å². The van der Waals surface area contributed by atoms with Crippen LogP contribution in [0.5, 0.6) is 5.75 Å². The Balaban J connectivity index is 1.40. The van der Waals surface area contributed by atoms with E-state index in [2.05, 4.69) is 25.9 Å². The lowest BCUT2D eigenvalue weighted by molar-refractivity contribution is -0.0307. The fourth-order valence-electron chi connectivity index (χ4n) is 4.35. The van der Waals surface area contributed by atoms with E-state index in [-0.39, 0.29) is 24.0 Å². The lowest BCUT2D eigenvalue weighted by atomic mass is 10.1. The standard InChI is InChI=1S/C29H34N6O6/c30-27-25-29(37)35-23-3-1-2-22(15-31-14-19-17-40-18-19)26(23)41-13-12-39-11-10-38-9-8-32-28(36)21-6-4-20(5-7-21)24(34-25)16-33-27/h1-7,16,19,31H,8-15,17-18H2,(H2,30,33)(H,32,36)(H,35,37). The zero-order chi connectivity index (χ0) is 28.4. The molecule has 0 aliphatic carbocycles. The molecule has 6 rings (SSSR count). The van der Waals surface area contributed by atoms with E-state index in [4.69, 9.17) is 24.7 Å². The molecule has 2 aromatic carbocycles. The van der Waals surface area contributed by atoms with Crippen LogP contribution < -0.4 is 26.4 Å². The number of carbonyl (C=O) groups excluding carboxylic acids is 2. The van der Waals surface area contributed by atoms with Gasteiger partial charge in [0.05, 0.1) is 57.2 Å². The molecule has 3 aliphatic heterocycles. The molecule has 0 atom stereocenters. The second kappa shape index (κ2) is 14.0. The summed E-state index contributed by atoms with van der Waals surface area (Å²) in [6, 6.07) is 12.4. The summed E-state index contributed by atoms with van der Waals surface area (Å²) in [4.78, 5) is 34.5. The molecular formula is C29H34N6O6. The number of ether oxygens (including phenoxy) is 4. The Kier molecular flexibility index (Phi) is 9.70. The number of nitrogens with zero attached hydrogens (tertiary/aromatic N) is 2. The van der Waals surface area contributed by atoms with Gasteiger partial charge in [0.1, 0.15) is 12.4 Å². The number of fused-ring (bicyclic) bond motifs is 13. The van der Waals surface area contributed by atoms with Gasteiger partial charge in [-0.25, -0.2) is 9.97 Å². The Bertz CT molecular complexity index is 1350. The van der Waals surface area contributed by atoms with Gasteiger partial charge in [-0.15, -0.1) is 0 Å². The molecule has 41 heavy (non-hydrogen) atoms. The minimum Gasteiger partial charge on any atom is -0.489 e. The number of benzene rings is 2. The number of para-hydroxylation sites is 1. The van der Waals surface area contributed by atoms with Crippen LogP contribution in [0.4, 0.5) is 11.5 Å². The highest BCUT2D eigenvalue weighted by atomic mass is 16.5. The van der Waals surface area contributed by atoms with Crippen molar-refractivity contribution in [2.24, 2.45) is 5.92 Å². The van der Waals surface area contributed by atoms with E-state index >= 15 is 0 Å². The minimum atomic E-state index is -0.523. The highest BCUT2D eigenvalue weighted by molar-refractivity contribution is 6.06. The maximum Gasteiger partial charge on any atom is 0.278 e. The Morgan fingerprint density at radius 3 is 2.44 bits per heavy atom. The molecule has 4 bridgehead atoms. The third-order valence-corrected chi connectivity index (χ3v) is 6.64. The zero-order valence-electron chi connectivity index (χ0n) is 22.7. The first kappa shape index (κ1) is 28.4. The number of nitrogens with two attached hydrogens (primary N) is 1. The molecule has 3 aliphatic rings. The average molecular weight is 563 g/mol. The third kappa shape index (κ3) is 7.55. The largest absolute Gasteiger partial charge is 0.489 e. The molecule has 12 heteroatoms. The SMILES string of the molecule is Nc1ncc2nc1C(=O)Nc1cccc(CNCC3COC3)c1OCCOCCOCCNC(=O)c1ccc-2cc1. The van der Waals surface area contributed by atoms with Crippen molar-refractivity contribution in [2.75, 3.05) is 70.4 Å². The third-order valence-electron chi connectivity index (χ3n) is 6.64. The molecule has 0 saturated carbocycles. The smallest absolute Gasteiger partial charge is 0.278 e. The van der Waals surface area contributed by atoms with Gasteiger partial charge in [-0.3, -0.25) is 9.59 Å². The highest BCUT2D eigenvalue weighted by Crippen LogP contribution is 2.30. The summed E-state index contributed by atoms with van der Waals surface area (Å²) in [6.45, 7) is 4.97. The molecule has 0 unspecified atom stereocenters. The molecule has 4 heterocycles. The summed E-state index contributed by atoms with van der Waals surface area (Å²) in [5.41, 5.74) is 9.03. The normalized spacial score (nSPS) is 17.2. The van der Waals surface area contributed by atoms with E-state index in [0.29, 0.717) is 73.7 Å². The van der Waals surface area contributed by atoms with Crippen LogP contribution in [0, 0.1) is 5.92 Å². The first-order chi connectivity index (χ1) is 20.1. The molecule has 216 valence electrons. The van der Waals surface area contributed by atoms with Gasteiger partial charge in [0, 0.05) is 42.2 Å². The van der Waals surface area contributed by atoms with Crippen molar-refractivity contribution < 1.29 is 28.5 Å². The Labute approximate surface area is 237 Å². The van der Waals surface area contributed by atoms with Gasteiger partial charge >= 0.3 is 0 Å². The van der Waals surface area contributed by atoms with Crippen molar-refractivity contribution in [2.45, 2.75) is 6.54 Å². The van der Waals surface area contributed by atoms with Gasteiger partial charge in [-0.2, -0.15) is 0 Å². The summed E-state index contributed by atoms with van der Waals surface area (Å²) < 4.78 is 22.6. The molecule has 2 amide bonds. The summed E-state index contributed by atoms with van der Waals surface area (Å²) in [5, 5.41) is 9.17. The number of rotatable bonds is 4. The number of nitrogen functional groups attached to an aromatic ring is 1. The summed E-state index contributed by atoms with van der Waals surface area (Å²) in [6.07, 6.45) is 1.49. The monoisotopic (exact) mass is 562 g/mol. The summed E-state index contributed by atoms with van der Waals surface area (Å²) in [7, 11) is 0. The maximum absolute atomic E-state index is 13.4. The van der Waals surface area contributed by atoms with Gasteiger partial charge < -0.3 is 40.6 Å². The molecule has 5 N–H and O–H groups in total.